The molecule has 0 saturated carbocycles. The van der Waals surface area contributed by atoms with Gasteiger partial charge in [0.2, 0.25) is 0 Å². The highest BCUT2D eigenvalue weighted by Gasteiger charge is 2.35. The van der Waals surface area contributed by atoms with Crippen LogP contribution in [0.15, 0.2) is 64.4 Å². The Bertz CT molecular complexity index is 1380. The van der Waals surface area contributed by atoms with Gasteiger partial charge >= 0.3 is 0 Å². The predicted octanol–water partition coefficient (Wildman–Crippen LogP) is 5.15. The second kappa shape index (κ2) is 10.6. The van der Waals surface area contributed by atoms with E-state index in [1.165, 1.54) is 17.3 Å². The summed E-state index contributed by atoms with van der Waals surface area (Å²) in [4.78, 5) is 36.1. The first-order valence-electron chi connectivity index (χ1n) is 12.5. The maximum atomic E-state index is 13.6. The first-order chi connectivity index (χ1) is 17.5. The predicted molar refractivity (Wildman–Crippen MR) is 151 cm³/mol. The van der Waals surface area contributed by atoms with Gasteiger partial charge in [-0.25, -0.2) is 4.98 Å². The van der Waals surface area contributed by atoms with Crippen molar-refractivity contribution in [3.05, 3.63) is 81.1 Å². The summed E-state index contributed by atoms with van der Waals surface area (Å²) in [6, 6.07) is 16.2. The lowest BCUT2D eigenvalue weighted by Crippen LogP contribution is -2.37. The van der Waals surface area contributed by atoms with Crippen LogP contribution in [0.25, 0.3) is 11.7 Å². The summed E-state index contributed by atoms with van der Waals surface area (Å²) in [5, 5.41) is 0. The summed E-state index contributed by atoms with van der Waals surface area (Å²) in [6.07, 6.45) is 7.36. The summed E-state index contributed by atoms with van der Waals surface area (Å²) in [5.74, 6) is 1.11. The number of thioether (sulfide) groups is 1. The Morgan fingerprint density at radius 2 is 1.83 bits per heavy atom. The van der Waals surface area contributed by atoms with Crippen LogP contribution in [0.3, 0.4) is 0 Å². The molecule has 0 aliphatic carbocycles. The van der Waals surface area contributed by atoms with Crippen LogP contribution in [0.1, 0.15) is 44.2 Å². The molecule has 0 spiro atoms. The lowest BCUT2D eigenvalue weighted by atomic mass is 9.90. The molecule has 0 radical (unpaired) electrons. The van der Waals surface area contributed by atoms with Gasteiger partial charge in [-0.1, -0.05) is 67.3 Å². The fourth-order valence-electron chi connectivity index (χ4n) is 4.93. The summed E-state index contributed by atoms with van der Waals surface area (Å²) < 4.78 is 2.09. The summed E-state index contributed by atoms with van der Waals surface area (Å²) in [7, 11) is 0. The molecule has 2 aliphatic heterocycles. The molecule has 1 aromatic carbocycles. The molecule has 3 aromatic rings. The van der Waals surface area contributed by atoms with E-state index < -0.39 is 0 Å². The Morgan fingerprint density at radius 1 is 1.11 bits per heavy atom. The molecule has 1 amide bonds. The number of aromatic nitrogens is 2. The van der Waals surface area contributed by atoms with E-state index in [4.69, 9.17) is 17.2 Å². The molecule has 1 atom stereocenters. The highest BCUT2D eigenvalue weighted by atomic mass is 32.2. The van der Waals surface area contributed by atoms with Crippen LogP contribution >= 0.6 is 24.0 Å². The molecular weight excluding hydrogens is 488 g/mol. The molecule has 186 valence electrons. The molecule has 2 aromatic heterocycles. The van der Waals surface area contributed by atoms with E-state index in [2.05, 4.69) is 29.2 Å². The molecule has 6 nitrogen and oxygen atoms in total. The monoisotopic (exact) mass is 518 g/mol. The average Bonchev–Trinajstić information content (AvgIpc) is 3.18. The van der Waals surface area contributed by atoms with Gasteiger partial charge in [0, 0.05) is 25.3 Å². The minimum Gasteiger partial charge on any atom is -0.356 e. The first kappa shape index (κ1) is 24.7. The number of hydrogen-bond donors (Lipinski definition) is 0. The molecular formula is C28H30N4O2S2. The van der Waals surface area contributed by atoms with E-state index in [1.807, 2.05) is 38.1 Å². The van der Waals surface area contributed by atoms with E-state index in [0.29, 0.717) is 32.2 Å². The number of fused-ring (bicyclic) bond motifs is 1. The minimum atomic E-state index is -0.171. The maximum absolute atomic E-state index is 13.6. The number of nitrogens with zero attached hydrogens (tertiary/aromatic N) is 4. The van der Waals surface area contributed by atoms with Gasteiger partial charge in [-0.05, 0) is 62.3 Å². The van der Waals surface area contributed by atoms with Gasteiger partial charge in [0.1, 0.15) is 15.8 Å². The zero-order valence-corrected chi connectivity index (χ0v) is 22.2. The number of thiocarbonyl (C=S) groups is 1. The fourth-order valence-corrected chi connectivity index (χ4v) is 6.37. The lowest BCUT2D eigenvalue weighted by Gasteiger charge is -2.33. The molecule has 0 N–H and O–H groups in total. The van der Waals surface area contributed by atoms with Crippen molar-refractivity contribution in [2.75, 3.05) is 18.0 Å². The van der Waals surface area contributed by atoms with Crippen LogP contribution in [0.5, 0.6) is 0 Å². The van der Waals surface area contributed by atoms with E-state index >= 15 is 0 Å². The van der Waals surface area contributed by atoms with Gasteiger partial charge in [-0.3, -0.25) is 18.9 Å². The topological polar surface area (TPSA) is 57.9 Å². The zero-order chi connectivity index (χ0) is 25.2. The average molecular weight is 519 g/mol. The van der Waals surface area contributed by atoms with Gasteiger partial charge in [-0.15, -0.1) is 0 Å². The van der Waals surface area contributed by atoms with Crippen molar-refractivity contribution in [2.24, 2.45) is 5.92 Å². The van der Waals surface area contributed by atoms with Crippen molar-refractivity contribution in [1.82, 2.24) is 14.3 Å². The van der Waals surface area contributed by atoms with Gasteiger partial charge in [0.15, 0.2) is 0 Å². The number of hydrogen-bond acceptors (Lipinski definition) is 6. The Kier molecular flexibility index (Phi) is 7.25. The van der Waals surface area contributed by atoms with Crippen molar-refractivity contribution in [1.29, 1.82) is 0 Å². The number of anilines is 1. The quantitative estimate of drug-likeness (QED) is 0.332. The molecule has 36 heavy (non-hydrogen) atoms. The number of carbonyl (C=O) groups excluding carboxylic acids is 1. The second-order valence-corrected chi connectivity index (χ2v) is 11.2. The number of piperidine rings is 1. The normalized spacial score (nSPS) is 19.0. The number of carbonyl (C=O) groups is 1. The van der Waals surface area contributed by atoms with Crippen LogP contribution in [0.4, 0.5) is 5.82 Å². The van der Waals surface area contributed by atoms with Crippen molar-refractivity contribution < 1.29 is 4.79 Å². The Morgan fingerprint density at radius 3 is 2.56 bits per heavy atom. The molecule has 2 fully saturated rings. The molecule has 1 unspecified atom stereocenters. The van der Waals surface area contributed by atoms with Gasteiger partial charge in [0.05, 0.1) is 10.5 Å². The van der Waals surface area contributed by atoms with Crippen LogP contribution in [-0.4, -0.2) is 43.6 Å². The smallest absolute Gasteiger partial charge is 0.267 e. The standard InChI is InChI=1S/C28H30N4O2S2/c1-3-19(2)32-27(34)23(36-28(32)35)18-22-25(29-24-11-7-8-14-31(24)26(22)33)30-15-12-21(13-16-30)17-20-9-5-4-6-10-20/h4-11,14,18-19,21H,3,12-13,15-17H2,1-2H3/b23-18+. The Labute approximate surface area is 221 Å². The highest BCUT2D eigenvalue weighted by Crippen LogP contribution is 2.35. The second-order valence-electron chi connectivity index (χ2n) is 9.51. The third-order valence-corrected chi connectivity index (χ3v) is 8.49. The van der Waals surface area contributed by atoms with E-state index in [1.54, 1.807) is 21.6 Å². The van der Waals surface area contributed by atoms with E-state index in [0.717, 1.165) is 38.8 Å². The third kappa shape index (κ3) is 4.84. The Balaban J connectivity index is 1.47. The van der Waals surface area contributed by atoms with E-state index in [9.17, 15) is 9.59 Å². The molecule has 2 saturated heterocycles. The molecule has 8 heteroatoms. The van der Waals surface area contributed by atoms with Gasteiger partial charge in [-0.2, -0.15) is 0 Å². The number of benzene rings is 1. The fraction of sp³-hybridized carbons (Fsp3) is 0.357. The Hall–Kier alpha value is -2.97. The maximum Gasteiger partial charge on any atom is 0.267 e. The molecule has 2 aliphatic rings. The first-order valence-corrected chi connectivity index (χ1v) is 13.8. The lowest BCUT2D eigenvalue weighted by molar-refractivity contribution is -0.123. The molecule has 5 rings (SSSR count). The van der Waals surface area contributed by atoms with Crippen LogP contribution in [0, 0.1) is 5.92 Å². The van der Waals surface area contributed by atoms with E-state index in [-0.39, 0.29) is 17.5 Å². The van der Waals surface area contributed by atoms with Crippen molar-refractivity contribution in [3.8, 4) is 0 Å². The molecule has 0 bridgehead atoms. The zero-order valence-electron chi connectivity index (χ0n) is 20.6. The summed E-state index contributed by atoms with van der Waals surface area (Å²) in [5.41, 5.74) is 2.25. The van der Waals surface area contributed by atoms with Crippen molar-refractivity contribution in [3.63, 3.8) is 0 Å². The van der Waals surface area contributed by atoms with Crippen molar-refractivity contribution >= 4 is 51.7 Å². The molecule has 4 heterocycles. The van der Waals surface area contributed by atoms with Gasteiger partial charge < -0.3 is 4.90 Å². The van der Waals surface area contributed by atoms with Gasteiger partial charge in [0.25, 0.3) is 11.5 Å². The van der Waals surface area contributed by atoms with Crippen molar-refractivity contribution in [2.45, 2.75) is 45.6 Å². The van der Waals surface area contributed by atoms with Crippen LogP contribution < -0.4 is 10.5 Å². The minimum absolute atomic E-state index is 0.0161. The van der Waals surface area contributed by atoms with Crippen LogP contribution in [0.2, 0.25) is 0 Å². The number of pyridine rings is 1. The SMILES string of the molecule is CCC(C)N1C(=O)/C(=C\c2c(N3CCC(Cc4ccccc4)CC3)nc3ccccn3c2=O)SC1=S. The largest absolute Gasteiger partial charge is 0.356 e. The summed E-state index contributed by atoms with van der Waals surface area (Å²) >= 11 is 6.77. The number of rotatable bonds is 6. The van der Waals surface area contributed by atoms with Crippen LogP contribution in [-0.2, 0) is 11.2 Å². The third-order valence-electron chi connectivity index (χ3n) is 7.16. The summed E-state index contributed by atoms with van der Waals surface area (Å²) in [6.45, 7) is 5.67. The number of amides is 1. The highest BCUT2D eigenvalue weighted by molar-refractivity contribution is 8.26.